The van der Waals surface area contributed by atoms with Crippen molar-refractivity contribution < 1.29 is 4.74 Å². The molecule has 0 aromatic heterocycles. The third-order valence-corrected chi connectivity index (χ3v) is 2.82. The summed E-state index contributed by atoms with van der Waals surface area (Å²) in [5, 5.41) is 0. The molecule has 88 valence electrons. The molecule has 0 radical (unpaired) electrons. The average Bonchev–Trinajstić information content (AvgIpc) is 2.40. The minimum absolute atomic E-state index is 0.00694. The highest BCUT2D eigenvalue weighted by molar-refractivity contribution is 5.31. The van der Waals surface area contributed by atoms with E-state index in [1.165, 1.54) is 5.56 Å². The van der Waals surface area contributed by atoms with Gasteiger partial charge < -0.3 is 10.5 Å². The van der Waals surface area contributed by atoms with E-state index < -0.39 is 0 Å². The smallest absolute Gasteiger partial charge is 0.119 e. The van der Waals surface area contributed by atoms with Gasteiger partial charge in [0, 0.05) is 6.04 Å². The quantitative estimate of drug-likeness (QED) is 0.871. The van der Waals surface area contributed by atoms with Gasteiger partial charge in [0.25, 0.3) is 0 Å². The fraction of sp³-hybridized carbons (Fsp3) is 0.200. The van der Waals surface area contributed by atoms with Crippen LogP contribution in [0, 0.1) is 0 Å². The van der Waals surface area contributed by atoms with Gasteiger partial charge in [-0.15, -0.1) is 0 Å². The zero-order valence-corrected chi connectivity index (χ0v) is 9.97. The molecular formula is C15H17NO. The molecule has 1 atom stereocenters. The third-order valence-electron chi connectivity index (χ3n) is 2.82. The van der Waals surface area contributed by atoms with E-state index in [0.717, 1.165) is 17.7 Å². The summed E-state index contributed by atoms with van der Waals surface area (Å²) in [6.07, 6.45) is 0.841. The summed E-state index contributed by atoms with van der Waals surface area (Å²) in [7, 11) is 1.67. The first-order chi connectivity index (χ1) is 8.29. The van der Waals surface area contributed by atoms with Crippen molar-refractivity contribution in [3.05, 3.63) is 65.7 Å². The summed E-state index contributed by atoms with van der Waals surface area (Å²) in [5.74, 6) is 0.853. The van der Waals surface area contributed by atoms with Crippen LogP contribution in [0.25, 0.3) is 0 Å². The molecule has 2 nitrogen and oxygen atoms in total. The van der Waals surface area contributed by atoms with E-state index in [4.69, 9.17) is 10.5 Å². The first-order valence-corrected chi connectivity index (χ1v) is 5.73. The highest BCUT2D eigenvalue weighted by Crippen LogP contribution is 2.20. The average molecular weight is 227 g/mol. The lowest BCUT2D eigenvalue weighted by Gasteiger charge is -2.13. The van der Waals surface area contributed by atoms with Crippen molar-refractivity contribution in [3.8, 4) is 5.75 Å². The van der Waals surface area contributed by atoms with Crippen LogP contribution in [0.5, 0.6) is 5.75 Å². The molecule has 2 aromatic carbocycles. The lowest BCUT2D eigenvalue weighted by molar-refractivity contribution is 0.414. The number of rotatable bonds is 4. The predicted molar refractivity (Wildman–Crippen MR) is 70.1 cm³/mol. The minimum Gasteiger partial charge on any atom is -0.497 e. The maximum atomic E-state index is 6.20. The van der Waals surface area contributed by atoms with Crippen LogP contribution in [0.1, 0.15) is 17.2 Å². The topological polar surface area (TPSA) is 35.2 Å². The van der Waals surface area contributed by atoms with E-state index in [2.05, 4.69) is 12.1 Å². The Kier molecular flexibility index (Phi) is 3.78. The Labute approximate surface area is 102 Å². The molecule has 2 heteroatoms. The van der Waals surface area contributed by atoms with E-state index in [0.29, 0.717) is 0 Å². The van der Waals surface area contributed by atoms with E-state index in [1.807, 2.05) is 42.5 Å². The van der Waals surface area contributed by atoms with Crippen molar-refractivity contribution in [3.63, 3.8) is 0 Å². The predicted octanol–water partition coefficient (Wildman–Crippen LogP) is 2.94. The van der Waals surface area contributed by atoms with Crippen LogP contribution in [-0.2, 0) is 6.42 Å². The SMILES string of the molecule is COc1cccc([C@@H](N)Cc2ccccc2)c1. The summed E-state index contributed by atoms with van der Waals surface area (Å²) in [6, 6.07) is 18.2. The van der Waals surface area contributed by atoms with Crippen molar-refractivity contribution in [2.45, 2.75) is 12.5 Å². The number of ether oxygens (including phenoxy) is 1. The van der Waals surface area contributed by atoms with Gasteiger partial charge >= 0.3 is 0 Å². The molecule has 0 heterocycles. The lowest BCUT2D eigenvalue weighted by atomic mass is 10.00. The van der Waals surface area contributed by atoms with Gasteiger partial charge in [0.2, 0.25) is 0 Å². The molecule has 0 saturated carbocycles. The Balaban J connectivity index is 2.11. The summed E-state index contributed by atoms with van der Waals surface area (Å²) in [6.45, 7) is 0. The van der Waals surface area contributed by atoms with Gasteiger partial charge in [-0.3, -0.25) is 0 Å². The summed E-state index contributed by atoms with van der Waals surface area (Å²) in [5.41, 5.74) is 8.55. The van der Waals surface area contributed by atoms with Gasteiger partial charge in [0.1, 0.15) is 5.75 Å². The lowest BCUT2D eigenvalue weighted by Crippen LogP contribution is -2.13. The Morgan fingerprint density at radius 1 is 1.06 bits per heavy atom. The van der Waals surface area contributed by atoms with Gasteiger partial charge in [-0.1, -0.05) is 42.5 Å². The van der Waals surface area contributed by atoms with Crippen molar-refractivity contribution in [1.82, 2.24) is 0 Å². The highest BCUT2D eigenvalue weighted by atomic mass is 16.5. The first kappa shape index (κ1) is 11.7. The fourth-order valence-corrected chi connectivity index (χ4v) is 1.86. The third kappa shape index (κ3) is 3.08. The Morgan fingerprint density at radius 3 is 2.53 bits per heavy atom. The molecule has 0 amide bonds. The minimum atomic E-state index is 0.00694. The second-order valence-electron chi connectivity index (χ2n) is 4.07. The molecule has 0 fully saturated rings. The molecular weight excluding hydrogens is 210 g/mol. The van der Waals surface area contributed by atoms with Gasteiger partial charge in [0.05, 0.1) is 7.11 Å². The van der Waals surface area contributed by atoms with Crippen LogP contribution in [0.15, 0.2) is 54.6 Å². The summed E-state index contributed by atoms with van der Waals surface area (Å²) >= 11 is 0. The monoisotopic (exact) mass is 227 g/mol. The van der Waals surface area contributed by atoms with Gasteiger partial charge in [0.15, 0.2) is 0 Å². The fourth-order valence-electron chi connectivity index (χ4n) is 1.86. The molecule has 0 saturated heterocycles. The maximum Gasteiger partial charge on any atom is 0.119 e. The van der Waals surface area contributed by atoms with Crippen molar-refractivity contribution in [2.75, 3.05) is 7.11 Å². The number of nitrogens with two attached hydrogens (primary N) is 1. The zero-order chi connectivity index (χ0) is 12.1. The molecule has 0 aliphatic carbocycles. The normalized spacial score (nSPS) is 12.1. The first-order valence-electron chi connectivity index (χ1n) is 5.73. The molecule has 0 unspecified atom stereocenters. The Morgan fingerprint density at radius 2 is 1.82 bits per heavy atom. The van der Waals surface area contributed by atoms with Crippen LogP contribution < -0.4 is 10.5 Å². The van der Waals surface area contributed by atoms with Gasteiger partial charge in [-0.05, 0) is 29.7 Å². The van der Waals surface area contributed by atoms with Crippen LogP contribution in [0.3, 0.4) is 0 Å². The van der Waals surface area contributed by atoms with Crippen LogP contribution >= 0.6 is 0 Å². The number of methoxy groups -OCH3 is 1. The zero-order valence-electron chi connectivity index (χ0n) is 9.97. The largest absolute Gasteiger partial charge is 0.497 e. The molecule has 0 bridgehead atoms. The second kappa shape index (κ2) is 5.51. The Bertz CT molecular complexity index is 467. The number of hydrogen-bond acceptors (Lipinski definition) is 2. The maximum absolute atomic E-state index is 6.20. The van der Waals surface area contributed by atoms with Gasteiger partial charge in [-0.2, -0.15) is 0 Å². The molecule has 0 spiro atoms. The summed E-state index contributed by atoms with van der Waals surface area (Å²) < 4.78 is 5.20. The Hall–Kier alpha value is -1.80. The molecule has 2 aromatic rings. The van der Waals surface area contributed by atoms with E-state index in [-0.39, 0.29) is 6.04 Å². The van der Waals surface area contributed by atoms with Crippen LogP contribution in [0.4, 0.5) is 0 Å². The number of benzene rings is 2. The highest BCUT2D eigenvalue weighted by Gasteiger charge is 2.07. The number of hydrogen-bond donors (Lipinski definition) is 1. The molecule has 2 rings (SSSR count). The molecule has 0 aliphatic heterocycles. The molecule has 0 aliphatic rings. The van der Waals surface area contributed by atoms with Crippen molar-refractivity contribution in [2.24, 2.45) is 5.73 Å². The van der Waals surface area contributed by atoms with Crippen molar-refractivity contribution >= 4 is 0 Å². The van der Waals surface area contributed by atoms with E-state index in [1.54, 1.807) is 7.11 Å². The molecule has 2 N–H and O–H groups in total. The second-order valence-corrected chi connectivity index (χ2v) is 4.07. The van der Waals surface area contributed by atoms with Crippen LogP contribution in [0.2, 0.25) is 0 Å². The van der Waals surface area contributed by atoms with Crippen molar-refractivity contribution in [1.29, 1.82) is 0 Å². The van der Waals surface area contributed by atoms with Gasteiger partial charge in [-0.25, -0.2) is 0 Å². The standard InChI is InChI=1S/C15H17NO/c1-17-14-9-5-8-13(11-14)15(16)10-12-6-3-2-4-7-12/h2-9,11,15H,10,16H2,1H3/t15-/m0/s1. The molecule has 17 heavy (non-hydrogen) atoms. The summed E-state index contributed by atoms with van der Waals surface area (Å²) in [4.78, 5) is 0. The van der Waals surface area contributed by atoms with E-state index in [9.17, 15) is 0 Å². The van der Waals surface area contributed by atoms with Crippen LogP contribution in [-0.4, -0.2) is 7.11 Å². The van der Waals surface area contributed by atoms with E-state index >= 15 is 0 Å².